The number of para-hydroxylation sites is 1. The van der Waals surface area contributed by atoms with E-state index in [4.69, 9.17) is 9.47 Å². The van der Waals surface area contributed by atoms with Crippen LogP contribution in [-0.2, 0) is 13.1 Å². The van der Waals surface area contributed by atoms with Gasteiger partial charge in [0, 0.05) is 36.1 Å². The fraction of sp³-hybridized carbons (Fsp3) is 0.316. The number of aromatic nitrogens is 2. The third-order valence-corrected chi connectivity index (χ3v) is 4.82. The first-order chi connectivity index (χ1) is 12.2. The third-order valence-electron chi connectivity index (χ3n) is 4.82. The van der Waals surface area contributed by atoms with E-state index in [9.17, 15) is 5.11 Å². The number of benzene rings is 2. The highest BCUT2D eigenvalue weighted by Crippen LogP contribution is 2.39. The number of nitrogens with zero attached hydrogens (tertiary/aromatic N) is 2. The average Bonchev–Trinajstić information content (AvgIpc) is 3.10. The number of aliphatic hydroxyl groups is 1. The number of aromatic amines is 1. The van der Waals surface area contributed by atoms with Gasteiger partial charge in [0.1, 0.15) is 11.5 Å². The van der Waals surface area contributed by atoms with E-state index >= 15 is 0 Å². The average molecular weight is 339 g/mol. The molecule has 0 aliphatic carbocycles. The molecule has 0 bridgehead atoms. The van der Waals surface area contributed by atoms with E-state index in [1.807, 2.05) is 30.5 Å². The maximum absolute atomic E-state index is 10.7. The summed E-state index contributed by atoms with van der Waals surface area (Å²) in [5.41, 5.74) is 4.02. The molecule has 0 spiro atoms. The number of nitrogens with one attached hydrogen (secondary N) is 1. The van der Waals surface area contributed by atoms with Gasteiger partial charge < -0.3 is 14.6 Å². The molecule has 0 amide bonds. The second-order valence-corrected chi connectivity index (χ2v) is 6.30. The number of β-amino-alcohol motifs (C(OH)–C–C–N with tert-alkyl or cyclic N) is 1. The van der Waals surface area contributed by atoms with Crippen LogP contribution in [0.5, 0.6) is 11.5 Å². The minimum absolute atomic E-state index is 0.543. The Bertz CT molecular complexity index is 906. The summed E-state index contributed by atoms with van der Waals surface area (Å²) in [5.74, 6) is 1.48. The zero-order chi connectivity index (χ0) is 17.4. The van der Waals surface area contributed by atoms with Crippen LogP contribution in [0.4, 0.5) is 0 Å². The van der Waals surface area contributed by atoms with Crippen LogP contribution >= 0.6 is 0 Å². The highest BCUT2D eigenvalue weighted by atomic mass is 16.5. The molecule has 130 valence electrons. The molecule has 3 aromatic rings. The van der Waals surface area contributed by atoms with E-state index in [0.29, 0.717) is 18.8 Å². The summed E-state index contributed by atoms with van der Waals surface area (Å²) in [6.45, 7) is 1.95. The molecule has 0 radical (unpaired) electrons. The maximum Gasteiger partial charge on any atom is 0.125 e. The first-order valence-corrected chi connectivity index (χ1v) is 8.26. The zero-order valence-electron chi connectivity index (χ0n) is 14.3. The molecular weight excluding hydrogens is 318 g/mol. The van der Waals surface area contributed by atoms with Crippen LogP contribution in [0.2, 0.25) is 0 Å². The third kappa shape index (κ3) is 2.73. The van der Waals surface area contributed by atoms with Gasteiger partial charge in [0.2, 0.25) is 0 Å². The van der Waals surface area contributed by atoms with Crippen LogP contribution in [0.15, 0.2) is 36.5 Å². The number of fused-ring (bicyclic) bond motifs is 2. The van der Waals surface area contributed by atoms with Gasteiger partial charge in [-0.2, -0.15) is 5.10 Å². The van der Waals surface area contributed by atoms with Crippen molar-refractivity contribution in [3.63, 3.8) is 0 Å². The fourth-order valence-electron chi connectivity index (χ4n) is 3.67. The van der Waals surface area contributed by atoms with Gasteiger partial charge in [-0.1, -0.05) is 18.2 Å². The number of aliphatic hydroxyl groups excluding tert-OH is 1. The maximum atomic E-state index is 10.7. The zero-order valence-corrected chi connectivity index (χ0v) is 14.3. The number of rotatable bonds is 4. The molecule has 1 aliphatic rings. The molecule has 0 saturated heterocycles. The normalized spacial score (nSPS) is 17.5. The minimum atomic E-state index is -0.616. The topological polar surface area (TPSA) is 70.6 Å². The lowest BCUT2D eigenvalue weighted by Crippen LogP contribution is -2.33. The Hall–Kier alpha value is -2.57. The lowest BCUT2D eigenvalue weighted by atomic mass is 9.94. The van der Waals surface area contributed by atoms with Crippen LogP contribution in [0, 0.1) is 0 Å². The lowest BCUT2D eigenvalue weighted by Gasteiger charge is -2.34. The van der Waals surface area contributed by atoms with Crippen LogP contribution in [0.25, 0.3) is 10.9 Å². The van der Waals surface area contributed by atoms with Crippen molar-refractivity contribution in [1.29, 1.82) is 0 Å². The molecule has 6 heteroatoms. The van der Waals surface area contributed by atoms with Gasteiger partial charge in [-0.05, 0) is 17.7 Å². The predicted octanol–water partition coefficient (Wildman–Crippen LogP) is 2.63. The smallest absolute Gasteiger partial charge is 0.125 e. The Morgan fingerprint density at radius 2 is 2.00 bits per heavy atom. The van der Waals surface area contributed by atoms with Crippen molar-refractivity contribution in [3.05, 3.63) is 53.2 Å². The molecule has 0 saturated carbocycles. The summed E-state index contributed by atoms with van der Waals surface area (Å²) in [6.07, 6.45) is 1.21. The first kappa shape index (κ1) is 15.9. The number of methoxy groups -OCH3 is 2. The molecule has 1 atom stereocenters. The minimum Gasteiger partial charge on any atom is -0.496 e. The molecule has 4 rings (SSSR count). The van der Waals surface area contributed by atoms with Crippen molar-refractivity contribution in [2.24, 2.45) is 0 Å². The number of ether oxygens (including phenoxy) is 2. The van der Waals surface area contributed by atoms with Gasteiger partial charge in [0.05, 0.1) is 32.0 Å². The van der Waals surface area contributed by atoms with Crippen molar-refractivity contribution in [2.75, 3.05) is 20.8 Å². The van der Waals surface area contributed by atoms with E-state index in [-0.39, 0.29) is 0 Å². The van der Waals surface area contributed by atoms with Gasteiger partial charge >= 0.3 is 0 Å². The van der Waals surface area contributed by atoms with Gasteiger partial charge in [-0.3, -0.25) is 10.00 Å². The van der Waals surface area contributed by atoms with Gasteiger partial charge in [0.25, 0.3) is 0 Å². The Kier molecular flexibility index (Phi) is 4.07. The standard InChI is InChI=1S/C19H21N3O3/c1-24-16-6-7-17(25-2)18-14(16)10-22(11-15(18)23)9-13-5-3-4-12-8-20-21-19(12)13/h3-8,15,23H,9-11H2,1-2H3,(H,20,21). The van der Waals surface area contributed by atoms with E-state index in [1.165, 1.54) is 0 Å². The van der Waals surface area contributed by atoms with Crippen molar-refractivity contribution in [2.45, 2.75) is 19.2 Å². The van der Waals surface area contributed by atoms with Crippen molar-refractivity contribution < 1.29 is 14.6 Å². The fourth-order valence-corrected chi connectivity index (χ4v) is 3.67. The van der Waals surface area contributed by atoms with Gasteiger partial charge in [0.15, 0.2) is 0 Å². The summed E-state index contributed by atoms with van der Waals surface area (Å²) in [7, 11) is 3.28. The summed E-state index contributed by atoms with van der Waals surface area (Å²) >= 11 is 0. The highest BCUT2D eigenvalue weighted by Gasteiger charge is 2.29. The molecule has 25 heavy (non-hydrogen) atoms. The lowest BCUT2D eigenvalue weighted by molar-refractivity contribution is 0.0845. The summed E-state index contributed by atoms with van der Waals surface area (Å²) in [5, 5.41) is 19.0. The van der Waals surface area contributed by atoms with Gasteiger partial charge in [-0.15, -0.1) is 0 Å². The van der Waals surface area contributed by atoms with E-state index in [1.54, 1.807) is 14.2 Å². The predicted molar refractivity (Wildman–Crippen MR) is 94.7 cm³/mol. The Balaban J connectivity index is 1.68. The largest absolute Gasteiger partial charge is 0.496 e. The molecule has 2 N–H and O–H groups in total. The number of H-pyrrole nitrogens is 1. The number of hydrogen-bond donors (Lipinski definition) is 2. The Morgan fingerprint density at radius 1 is 1.20 bits per heavy atom. The van der Waals surface area contributed by atoms with E-state index < -0.39 is 6.10 Å². The molecule has 6 nitrogen and oxygen atoms in total. The van der Waals surface area contributed by atoms with Crippen LogP contribution in [-0.4, -0.2) is 41.0 Å². The van der Waals surface area contributed by atoms with Gasteiger partial charge in [-0.25, -0.2) is 0 Å². The van der Waals surface area contributed by atoms with Crippen LogP contribution in [0.1, 0.15) is 22.8 Å². The molecule has 0 fully saturated rings. The highest BCUT2D eigenvalue weighted by molar-refractivity contribution is 5.81. The number of hydrogen-bond acceptors (Lipinski definition) is 5. The monoisotopic (exact) mass is 339 g/mol. The second kappa shape index (κ2) is 6.38. The summed E-state index contributed by atoms with van der Waals surface area (Å²) in [4.78, 5) is 2.21. The van der Waals surface area contributed by atoms with Crippen molar-refractivity contribution in [1.82, 2.24) is 15.1 Å². The first-order valence-electron chi connectivity index (χ1n) is 8.26. The van der Waals surface area contributed by atoms with E-state index in [0.717, 1.165) is 39.9 Å². The van der Waals surface area contributed by atoms with E-state index in [2.05, 4.69) is 21.2 Å². The quantitative estimate of drug-likeness (QED) is 0.765. The van der Waals surface area contributed by atoms with Crippen LogP contribution in [0.3, 0.4) is 0 Å². The molecule has 1 aliphatic heterocycles. The molecule has 1 aromatic heterocycles. The Morgan fingerprint density at radius 3 is 2.80 bits per heavy atom. The molecule has 1 unspecified atom stereocenters. The summed E-state index contributed by atoms with van der Waals surface area (Å²) < 4.78 is 10.9. The van der Waals surface area contributed by atoms with Crippen molar-refractivity contribution in [3.8, 4) is 11.5 Å². The Labute approximate surface area is 146 Å². The molecule has 2 aromatic carbocycles. The van der Waals surface area contributed by atoms with Crippen LogP contribution < -0.4 is 9.47 Å². The molecular formula is C19H21N3O3. The summed E-state index contributed by atoms with van der Waals surface area (Å²) in [6, 6.07) is 9.90. The second-order valence-electron chi connectivity index (χ2n) is 6.30. The van der Waals surface area contributed by atoms with Crippen molar-refractivity contribution >= 4 is 10.9 Å². The molecule has 2 heterocycles. The SMILES string of the molecule is COc1ccc(OC)c2c1CN(Cc1cccc3cn[nH]c13)CC2O.